The molecule has 4 rings (SSSR count). The van der Waals surface area contributed by atoms with Crippen LogP contribution in [0.4, 0.5) is 5.69 Å². The van der Waals surface area contributed by atoms with Crippen molar-refractivity contribution in [3.63, 3.8) is 0 Å². The highest BCUT2D eigenvalue weighted by Gasteiger charge is 2.36. The van der Waals surface area contributed by atoms with E-state index in [4.69, 9.17) is 0 Å². The van der Waals surface area contributed by atoms with Gasteiger partial charge in [0.2, 0.25) is 0 Å². The Morgan fingerprint density at radius 1 is 0.967 bits per heavy atom. The van der Waals surface area contributed by atoms with E-state index < -0.39 is 40.7 Å². The maximum absolute atomic E-state index is 13.1. The molecule has 0 atom stereocenters. The number of nitrogens with zero attached hydrogens (tertiary/aromatic N) is 4. The number of fused-ring (bicyclic) bond motifs is 2. The molecule has 2 heterocycles. The van der Waals surface area contributed by atoms with Crippen LogP contribution in [0.1, 0.15) is 40.6 Å². The number of imide groups is 1. The lowest BCUT2D eigenvalue weighted by molar-refractivity contribution is -0.384. The quantitative estimate of drug-likeness (QED) is 0.369. The van der Waals surface area contributed by atoms with Crippen LogP contribution in [0.2, 0.25) is 0 Å². The summed E-state index contributed by atoms with van der Waals surface area (Å²) in [7, 11) is 0. The molecule has 0 fully saturated rings. The topological polar surface area (TPSA) is 125 Å². The minimum Gasteiger partial charge on any atom is -0.274 e. The third kappa shape index (κ3) is 2.72. The molecule has 0 radical (unpaired) electrons. The molecule has 0 unspecified atom stereocenters. The van der Waals surface area contributed by atoms with Gasteiger partial charge in [0, 0.05) is 18.2 Å². The lowest BCUT2D eigenvalue weighted by atomic mass is 10.1. The normalized spacial score (nSPS) is 13.4. The SMILES string of the molecule is CC(C)n1c(=O)c2ccc([N+](=O)[O-])cc2n(CN2C(=O)c3ccccc3C2=O)c1=O. The molecule has 10 nitrogen and oxygen atoms in total. The van der Waals surface area contributed by atoms with Crippen LogP contribution in [-0.4, -0.2) is 30.8 Å². The molecular weight excluding hydrogens is 392 g/mol. The predicted octanol–water partition coefficient (Wildman–Crippen LogP) is 1.91. The molecule has 30 heavy (non-hydrogen) atoms. The summed E-state index contributed by atoms with van der Waals surface area (Å²) in [6, 6.07) is 9.30. The second-order valence-corrected chi connectivity index (χ2v) is 7.16. The van der Waals surface area contributed by atoms with Crippen LogP contribution >= 0.6 is 0 Å². The van der Waals surface area contributed by atoms with Gasteiger partial charge in [-0.3, -0.25) is 38.5 Å². The van der Waals surface area contributed by atoms with E-state index in [2.05, 4.69) is 0 Å². The Kier molecular flexibility index (Phi) is 4.34. The van der Waals surface area contributed by atoms with Gasteiger partial charge in [-0.25, -0.2) is 4.79 Å². The van der Waals surface area contributed by atoms with E-state index in [1.54, 1.807) is 26.0 Å². The van der Waals surface area contributed by atoms with Crippen molar-refractivity contribution < 1.29 is 14.5 Å². The van der Waals surface area contributed by atoms with Crippen molar-refractivity contribution in [2.75, 3.05) is 0 Å². The molecule has 2 amide bonds. The maximum atomic E-state index is 13.1. The summed E-state index contributed by atoms with van der Waals surface area (Å²) in [5, 5.41) is 11.3. The Labute approximate surface area is 168 Å². The first-order chi connectivity index (χ1) is 14.2. The number of carbonyl (C=O) groups is 2. The highest BCUT2D eigenvalue weighted by molar-refractivity contribution is 6.21. The molecule has 1 aliphatic heterocycles. The van der Waals surface area contributed by atoms with Gasteiger partial charge in [0.25, 0.3) is 23.1 Å². The van der Waals surface area contributed by atoms with E-state index in [1.807, 2.05) is 0 Å². The Morgan fingerprint density at radius 2 is 1.57 bits per heavy atom. The first kappa shape index (κ1) is 19.2. The molecule has 3 aromatic rings. The first-order valence-electron chi connectivity index (χ1n) is 9.11. The fraction of sp³-hybridized carbons (Fsp3) is 0.200. The molecule has 0 saturated carbocycles. The Balaban J connectivity index is 1.96. The zero-order valence-electron chi connectivity index (χ0n) is 16.1. The van der Waals surface area contributed by atoms with Crippen molar-refractivity contribution in [1.82, 2.24) is 14.0 Å². The smallest absolute Gasteiger partial charge is 0.274 e. The molecule has 0 N–H and O–H groups in total. The number of nitro benzene ring substituents is 1. The molecular formula is C20H16N4O6. The summed E-state index contributed by atoms with van der Waals surface area (Å²) < 4.78 is 2.04. The summed E-state index contributed by atoms with van der Waals surface area (Å²) >= 11 is 0. The second-order valence-electron chi connectivity index (χ2n) is 7.16. The van der Waals surface area contributed by atoms with Gasteiger partial charge >= 0.3 is 5.69 Å². The van der Waals surface area contributed by atoms with Gasteiger partial charge in [-0.15, -0.1) is 0 Å². The number of aromatic nitrogens is 2. The van der Waals surface area contributed by atoms with Crippen LogP contribution in [0.25, 0.3) is 10.9 Å². The number of benzene rings is 2. The number of hydrogen-bond donors (Lipinski definition) is 0. The first-order valence-corrected chi connectivity index (χ1v) is 9.11. The van der Waals surface area contributed by atoms with E-state index in [9.17, 15) is 29.3 Å². The number of rotatable bonds is 4. The standard InChI is InChI=1S/C20H16N4O6/c1-11(2)23-19(27)15-8-7-12(24(29)30)9-16(15)21(20(23)28)10-22-17(25)13-5-3-4-6-14(13)18(22)26/h3-9,11H,10H2,1-2H3. The van der Waals surface area contributed by atoms with Crippen molar-refractivity contribution in [3.8, 4) is 0 Å². The fourth-order valence-electron chi connectivity index (χ4n) is 3.59. The monoisotopic (exact) mass is 408 g/mol. The lowest BCUT2D eigenvalue weighted by Crippen LogP contribution is -2.44. The molecule has 1 aliphatic rings. The van der Waals surface area contributed by atoms with Crippen molar-refractivity contribution in [1.29, 1.82) is 0 Å². The zero-order valence-corrected chi connectivity index (χ0v) is 16.1. The molecule has 1 aromatic heterocycles. The van der Waals surface area contributed by atoms with Gasteiger partial charge in [-0.2, -0.15) is 0 Å². The highest BCUT2D eigenvalue weighted by atomic mass is 16.6. The van der Waals surface area contributed by atoms with Crippen LogP contribution in [-0.2, 0) is 6.67 Å². The number of non-ortho nitro benzene ring substituents is 1. The summed E-state index contributed by atoms with van der Waals surface area (Å²) in [6.07, 6.45) is 0. The number of nitro groups is 1. The molecule has 152 valence electrons. The number of hydrogen-bond acceptors (Lipinski definition) is 6. The van der Waals surface area contributed by atoms with Crippen molar-refractivity contribution >= 4 is 28.4 Å². The molecule has 0 spiro atoms. The van der Waals surface area contributed by atoms with Crippen LogP contribution in [0.15, 0.2) is 52.1 Å². The minimum atomic E-state index is -0.764. The highest BCUT2D eigenvalue weighted by Crippen LogP contribution is 2.24. The van der Waals surface area contributed by atoms with Gasteiger partial charge in [0.1, 0.15) is 6.67 Å². The molecule has 0 saturated heterocycles. The van der Waals surface area contributed by atoms with Crippen LogP contribution in [0.3, 0.4) is 0 Å². The average molecular weight is 408 g/mol. The van der Waals surface area contributed by atoms with E-state index in [-0.39, 0.29) is 27.7 Å². The van der Waals surface area contributed by atoms with Gasteiger partial charge in [-0.1, -0.05) is 12.1 Å². The van der Waals surface area contributed by atoms with E-state index in [0.29, 0.717) is 0 Å². The van der Waals surface area contributed by atoms with E-state index >= 15 is 0 Å². The number of amides is 2. The Hall–Kier alpha value is -4.08. The van der Waals surface area contributed by atoms with Gasteiger partial charge in [-0.05, 0) is 32.0 Å². The molecule has 2 aromatic carbocycles. The van der Waals surface area contributed by atoms with Crippen molar-refractivity contribution in [2.45, 2.75) is 26.6 Å². The van der Waals surface area contributed by atoms with Crippen LogP contribution < -0.4 is 11.2 Å². The third-order valence-corrected chi connectivity index (χ3v) is 5.05. The molecule has 0 aliphatic carbocycles. The average Bonchev–Trinajstić information content (AvgIpc) is 2.95. The number of carbonyl (C=O) groups excluding carboxylic acids is 2. The van der Waals surface area contributed by atoms with Gasteiger partial charge in [0.05, 0.1) is 27.0 Å². The van der Waals surface area contributed by atoms with Gasteiger partial charge in [0.15, 0.2) is 0 Å². The largest absolute Gasteiger partial charge is 0.333 e. The summed E-state index contributed by atoms with van der Waals surface area (Å²) in [6.45, 7) is 2.81. The van der Waals surface area contributed by atoms with Crippen LogP contribution in [0.5, 0.6) is 0 Å². The second kappa shape index (κ2) is 6.76. The van der Waals surface area contributed by atoms with Crippen molar-refractivity contribution in [2.24, 2.45) is 0 Å². The van der Waals surface area contributed by atoms with Crippen molar-refractivity contribution in [3.05, 3.63) is 84.5 Å². The lowest BCUT2D eigenvalue weighted by Gasteiger charge is -2.20. The van der Waals surface area contributed by atoms with E-state index in [0.717, 1.165) is 20.1 Å². The van der Waals surface area contributed by atoms with Crippen LogP contribution in [0, 0.1) is 10.1 Å². The maximum Gasteiger partial charge on any atom is 0.333 e. The zero-order chi connectivity index (χ0) is 21.7. The Morgan fingerprint density at radius 3 is 2.10 bits per heavy atom. The Bertz CT molecular complexity index is 1330. The predicted molar refractivity (Wildman–Crippen MR) is 106 cm³/mol. The molecule has 10 heteroatoms. The molecule has 0 bridgehead atoms. The van der Waals surface area contributed by atoms with Gasteiger partial charge < -0.3 is 0 Å². The van der Waals surface area contributed by atoms with E-state index in [1.165, 1.54) is 24.3 Å². The summed E-state index contributed by atoms with van der Waals surface area (Å²) in [4.78, 5) is 62.8. The summed E-state index contributed by atoms with van der Waals surface area (Å²) in [5.41, 5.74) is -1.28. The fourth-order valence-corrected chi connectivity index (χ4v) is 3.59. The summed E-state index contributed by atoms with van der Waals surface area (Å²) in [5.74, 6) is -1.16. The third-order valence-electron chi connectivity index (χ3n) is 5.05. The minimum absolute atomic E-state index is 0.0207.